The molecule has 2 aromatic carbocycles. The first-order valence-corrected chi connectivity index (χ1v) is 8.66. The third-order valence-corrected chi connectivity index (χ3v) is 3.81. The van der Waals surface area contributed by atoms with Crippen molar-refractivity contribution in [2.75, 3.05) is 13.7 Å². The number of amides is 1. The van der Waals surface area contributed by atoms with Crippen LogP contribution in [0.5, 0.6) is 11.5 Å². The lowest BCUT2D eigenvalue weighted by Gasteiger charge is -2.05. The van der Waals surface area contributed by atoms with Gasteiger partial charge in [-0.15, -0.1) is 0 Å². The molecule has 140 valence electrons. The molecule has 7 nitrogen and oxygen atoms in total. The number of aromatic nitrogens is 2. The van der Waals surface area contributed by atoms with E-state index in [4.69, 9.17) is 14.0 Å². The highest BCUT2D eigenvalue weighted by atomic mass is 16.5. The standard InChI is InChI=1S/C20H21N3O4/c1-25-16-11-9-15(10-12-16)20-22-19(27-23-20)14-21-18(24)8-5-13-26-17-6-3-2-4-7-17/h2-4,6-7,9-12H,5,8,13-14H2,1H3,(H,21,24). The fourth-order valence-corrected chi connectivity index (χ4v) is 2.39. The van der Waals surface area contributed by atoms with Crippen LogP contribution in [-0.4, -0.2) is 29.8 Å². The van der Waals surface area contributed by atoms with Gasteiger partial charge < -0.3 is 19.3 Å². The molecule has 1 heterocycles. The van der Waals surface area contributed by atoms with Crippen molar-refractivity contribution in [1.82, 2.24) is 15.5 Å². The summed E-state index contributed by atoms with van der Waals surface area (Å²) in [6, 6.07) is 16.9. The second-order valence-electron chi connectivity index (χ2n) is 5.78. The van der Waals surface area contributed by atoms with Crippen molar-refractivity contribution in [1.29, 1.82) is 0 Å². The smallest absolute Gasteiger partial charge is 0.246 e. The molecule has 3 rings (SSSR count). The Labute approximate surface area is 157 Å². The van der Waals surface area contributed by atoms with Gasteiger partial charge in [-0.2, -0.15) is 4.98 Å². The molecule has 0 saturated heterocycles. The second kappa shape index (κ2) is 9.38. The molecule has 0 radical (unpaired) electrons. The lowest BCUT2D eigenvalue weighted by molar-refractivity contribution is -0.121. The van der Waals surface area contributed by atoms with E-state index in [0.717, 1.165) is 17.1 Å². The predicted molar refractivity (Wildman–Crippen MR) is 99.3 cm³/mol. The maximum Gasteiger partial charge on any atom is 0.246 e. The van der Waals surface area contributed by atoms with Gasteiger partial charge in [-0.25, -0.2) is 0 Å². The van der Waals surface area contributed by atoms with Crippen LogP contribution in [0, 0.1) is 0 Å². The van der Waals surface area contributed by atoms with E-state index in [1.165, 1.54) is 0 Å². The SMILES string of the molecule is COc1ccc(-c2noc(CNC(=O)CCCOc3ccccc3)n2)cc1. The Kier molecular flexibility index (Phi) is 6.40. The zero-order chi connectivity index (χ0) is 18.9. The molecule has 3 aromatic rings. The number of hydrogen-bond acceptors (Lipinski definition) is 6. The molecule has 0 bridgehead atoms. The minimum absolute atomic E-state index is 0.0872. The molecule has 1 aromatic heterocycles. The Morgan fingerprint density at radius 1 is 1.07 bits per heavy atom. The maximum atomic E-state index is 11.9. The van der Waals surface area contributed by atoms with Crippen LogP contribution in [0.3, 0.4) is 0 Å². The van der Waals surface area contributed by atoms with Gasteiger partial charge in [0.05, 0.1) is 20.3 Å². The summed E-state index contributed by atoms with van der Waals surface area (Å²) in [5.74, 6) is 2.30. The summed E-state index contributed by atoms with van der Waals surface area (Å²) in [6.07, 6.45) is 0.994. The first-order valence-electron chi connectivity index (χ1n) is 8.66. The summed E-state index contributed by atoms with van der Waals surface area (Å²) >= 11 is 0. The summed E-state index contributed by atoms with van der Waals surface area (Å²) < 4.78 is 15.9. The Hall–Kier alpha value is -3.35. The number of ether oxygens (including phenoxy) is 2. The van der Waals surface area contributed by atoms with Gasteiger partial charge in [-0.05, 0) is 42.8 Å². The Morgan fingerprint density at radius 2 is 1.85 bits per heavy atom. The fourth-order valence-electron chi connectivity index (χ4n) is 2.39. The van der Waals surface area contributed by atoms with E-state index < -0.39 is 0 Å². The molecule has 7 heteroatoms. The summed E-state index contributed by atoms with van der Waals surface area (Å²) in [7, 11) is 1.61. The van der Waals surface area contributed by atoms with Gasteiger partial charge in [0.1, 0.15) is 11.5 Å². The molecule has 27 heavy (non-hydrogen) atoms. The van der Waals surface area contributed by atoms with Crippen molar-refractivity contribution in [2.24, 2.45) is 0 Å². The third-order valence-electron chi connectivity index (χ3n) is 3.81. The molecular formula is C20H21N3O4. The van der Waals surface area contributed by atoms with Gasteiger partial charge in [0.15, 0.2) is 0 Å². The molecule has 0 atom stereocenters. The van der Waals surface area contributed by atoms with Crippen molar-refractivity contribution in [2.45, 2.75) is 19.4 Å². The normalized spacial score (nSPS) is 10.4. The summed E-state index contributed by atoms with van der Waals surface area (Å²) in [4.78, 5) is 16.2. The van der Waals surface area contributed by atoms with Crippen LogP contribution in [0.1, 0.15) is 18.7 Å². The van der Waals surface area contributed by atoms with Crippen molar-refractivity contribution in [3.8, 4) is 22.9 Å². The number of carbonyl (C=O) groups is 1. The number of hydrogen-bond donors (Lipinski definition) is 1. The number of para-hydroxylation sites is 1. The van der Waals surface area contributed by atoms with Crippen LogP contribution in [0.4, 0.5) is 0 Å². The van der Waals surface area contributed by atoms with Crippen LogP contribution in [-0.2, 0) is 11.3 Å². The van der Waals surface area contributed by atoms with Crippen LogP contribution >= 0.6 is 0 Å². The van der Waals surface area contributed by atoms with Crippen molar-refractivity contribution in [3.05, 3.63) is 60.5 Å². The summed E-state index contributed by atoms with van der Waals surface area (Å²) in [5, 5.41) is 6.70. The van der Waals surface area contributed by atoms with E-state index in [0.29, 0.717) is 31.2 Å². The van der Waals surface area contributed by atoms with Gasteiger partial charge in [-0.1, -0.05) is 23.4 Å². The quantitative estimate of drug-likeness (QED) is 0.585. The first-order chi connectivity index (χ1) is 13.2. The minimum atomic E-state index is -0.0872. The highest BCUT2D eigenvalue weighted by molar-refractivity contribution is 5.75. The lowest BCUT2D eigenvalue weighted by Crippen LogP contribution is -2.23. The highest BCUT2D eigenvalue weighted by Crippen LogP contribution is 2.19. The number of benzene rings is 2. The van der Waals surface area contributed by atoms with Crippen LogP contribution in [0.2, 0.25) is 0 Å². The fraction of sp³-hybridized carbons (Fsp3) is 0.250. The second-order valence-corrected chi connectivity index (χ2v) is 5.78. The van der Waals surface area contributed by atoms with E-state index in [9.17, 15) is 4.79 Å². The average molecular weight is 367 g/mol. The molecule has 0 unspecified atom stereocenters. The van der Waals surface area contributed by atoms with Gasteiger partial charge in [-0.3, -0.25) is 4.79 Å². The molecule has 0 aliphatic heterocycles. The van der Waals surface area contributed by atoms with E-state index in [1.807, 2.05) is 54.6 Å². The molecule has 0 aliphatic rings. The maximum absolute atomic E-state index is 11.9. The van der Waals surface area contributed by atoms with E-state index >= 15 is 0 Å². The van der Waals surface area contributed by atoms with E-state index in [2.05, 4.69) is 15.5 Å². The molecule has 0 spiro atoms. The molecule has 0 fully saturated rings. The van der Waals surface area contributed by atoms with E-state index in [-0.39, 0.29) is 12.5 Å². The summed E-state index contributed by atoms with van der Waals surface area (Å²) in [5.41, 5.74) is 0.815. The number of nitrogens with one attached hydrogen (secondary N) is 1. The monoisotopic (exact) mass is 367 g/mol. The van der Waals surface area contributed by atoms with Crippen LogP contribution < -0.4 is 14.8 Å². The van der Waals surface area contributed by atoms with Crippen molar-refractivity contribution in [3.63, 3.8) is 0 Å². The molecule has 1 amide bonds. The average Bonchev–Trinajstić information content (AvgIpc) is 3.19. The Bertz CT molecular complexity index is 847. The third kappa shape index (κ3) is 5.57. The van der Waals surface area contributed by atoms with Crippen LogP contribution in [0.15, 0.2) is 59.1 Å². The summed E-state index contributed by atoms with van der Waals surface area (Å²) in [6.45, 7) is 0.682. The zero-order valence-electron chi connectivity index (χ0n) is 15.1. The predicted octanol–water partition coefficient (Wildman–Crippen LogP) is 3.22. The molecule has 0 saturated carbocycles. The van der Waals surface area contributed by atoms with Crippen LogP contribution in [0.25, 0.3) is 11.4 Å². The lowest BCUT2D eigenvalue weighted by atomic mass is 10.2. The number of rotatable bonds is 9. The van der Waals surface area contributed by atoms with Gasteiger partial charge >= 0.3 is 0 Å². The van der Waals surface area contributed by atoms with Gasteiger partial charge in [0, 0.05) is 12.0 Å². The van der Waals surface area contributed by atoms with Gasteiger partial charge in [0.2, 0.25) is 17.6 Å². The van der Waals surface area contributed by atoms with Crippen molar-refractivity contribution < 1.29 is 18.8 Å². The minimum Gasteiger partial charge on any atom is -0.497 e. The van der Waals surface area contributed by atoms with Gasteiger partial charge in [0.25, 0.3) is 0 Å². The zero-order valence-corrected chi connectivity index (χ0v) is 15.1. The Balaban J connectivity index is 1.39. The first kappa shape index (κ1) is 18.4. The Morgan fingerprint density at radius 3 is 2.59 bits per heavy atom. The molecular weight excluding hydrogens is 346 g/mol. The highest BCUT2D eigenvalue weighted by Gasteiger charge is 2.10. The molecule has 1 N–H and O–H groups in total. The topological polar surface area (TPSA) is 86.5 Å². The molecule has 0 aliphatic carbocycles. The number of nitrogens with zero attached hydrogens (tertiary/aromatic N) is 2. The van der Waals surface area contributed by atoms with Crippen molar-refractivity contribution >= 4 is 5.91 Å². The number of methoxy groups -OCH3 is 1. The number of carbonyl (C=O) groups excluding carboxylic acids is 1. The van der Waals surface area contributed by atoms with E-state index in [1.54, 1.807) is 7.11 Å². The largest absolute Gasteiger partial charge is 0.497 e.